The quantitative estimate of drug-likeness (QED) is 0.585. The highest BCUT2D eigenvalue weighted by Gasteiger charge is 2.30. The molecule has 0 amide bonds. The number of carbonyl (C=O) groups is 2. The van der Waals surface area contributed by atoms with Crippen molar-refractivity contribution < 1.29 is 19.1 Å². The maximum atomic E-state index is 11.2. The Morgan fingerprint density at radius 3 is 2.29 bits per heavy atom. The molecule has 17 heavy (non-hydrogen) atoms. The van der Waals surface area contributed by atoms with Gasteiger partial charge in [-0.1, -0.05) is 32.0 Å². The number of Topliss-reactive ketones (excluding diaryl/α,β-unsaturated/α-hetero) is 1. The minimum atomic E-state index is -0.751. The van der Waals surface area contributed by atoms with Gasteiger partial charge in [0.25, 0.3) is 0 Å². The molecule has 0 bridgehead atoms. The Morgan fingerprint density at radius 1 is 1.18 bits per heavy atom. The van der Waals surface area contributed by atoms with E-state index < -0.39 is 6.16 Å². The zero-order chi connectivity index (χ0) is 12.7. The molecule has 0 N–H and O–H groups in total. The van der Waals surface area contributed by atoms with E-state index in [-0.39, 0.29) is 11.9 Å². The van der Waals surface area contributed by atoms with Crippen molar-refractivity contribution in [2.45, 2.75) is 32.8 Å². The van der Waals surface area contributed by atoms with E-state index >= 15 is 0 Å². The molecule has 1 aliphatic rings. The second-order valence-electron chi connectivity index (χ2n) is 3.35. The van der Waals surface area contributed by atoms with E-state index in [9.17, 15) is 9.59 Å². The molecule has 1 aliphatic carbocycles. The van der Waals surface area contributed by atoms with Crippen LogP contribution in [-0.4, -0.2) is 18.0 Å². The van der Waals surface area contributed by atoms with Crippen LogP contribution in [0.5, 0.6) is 5.75 Å². The summed E-state index contributed by atoms with van der Waals surface area (Å²) < 4.78 is 9.76. The summed E-state index contributed by atoms with van der Waals surface area (Å²) in [6.45, 7) is 4.00. The SMILES string of the molecule is CC.O=C1CC(OC(=O)Oc2ccccc2)C1. The summed E-state index contributed by atoms with van der Waals surface area (Å²) in [6, 6.07) is 8.66. The molecule has 0 unspecified atom stereocenters. The van der Waals surface area contributed by atoms with Crippen LogP contribution in [0, 0.1) is 0 Å². The average molecular weight is 236 g/mol. The van der Waals surface area contributed by atoms with Crippen LogP contribution in [-0.2, 0) is 9.53 Å². The van der Waals surface area contributed by atoms with E-state index in [2.05, 4.69) is 0 Å². The Kier molecular flexibility index (Phi) is 5.20. The molecular formula is C13H16O4. The first kappa shape index (κ1) is 13.2. The van der Waals surface area contributed by atoms with Crippen LogP contribution in [0.2, 0.25) is 0 Å². The van der Waals surface area contributed by atoms with Crippen LogP contribution < -0.4 is 4.74 Å². The third-order valence-corrected chi connectivity index (χ3v) is 2.12. The molecular weight excluding hydrogens is 220 g/mol. The van der Waals surface area contributed by atoms with Gasteiger partial charge in [0.2, 0.25) is 0 Å². The van der Waals surface area contributed by atoms with Gasteiger partial charge in [0, 0.05) is 12.8 Å². The highest BCUT2D eigenvalue weighted by Crippen LogP contribution is 2.19. The van der Waals surface area contributed by atoms with E-state index in [1.54, 1.807) is 24.3 Å². The molecule has 4 nitrogen and oxygen atoms in total. The topological polar surface area (TPSA) is 52.6 Å². The smallest absolute Gasteiger partial charge is 0.430 e. The Hall–Kier alpha value is -1.84. The molecule has 0 aliphatic heterocycles. The lowest BCUT2D eigenvalue weighted by atomic mass is 9.94. The van der Waals surface area contributed by atoms with Crippen molar-refractivity contribution in [3.8, 4) is 5.75 Å². The molecule has 1 aromatic rings. The van der Waals surface area contributed by atoms with Gasteiger partial charge in [-0.3, -0.25) is 4.79 Å². The summed E-state index contributed by atoms with van der Waals surface area (Å²) >= 11 is 0. The van der Waals surface area contributed by atoms with Crippen LogP contribution in [0.15, 0.2) is 30.3 Å². The standard InChI is InChI=1S/C11H10O4.C2H6/c12-8-6-10(7-8)15-11(13)14-9-4-2-1-3-5-9;1-2/h1-5,10H,6-7H2;1-2H3. The molecule has 0 saturated heterocycles. The third kappa shape index (κ3) is 4.26. The van der Waals surface area contributed by atoms with Gasteiger partial charge in [-0.25, -0.2) is 4.79 Å². The summed E-state index contributed by atoms with van der Waals surface area (Å²) in [4.78, 5) is 21.8. The van der Waals surface area contributed by atoms with Gasteiger partial charge in [0.05, 0.1) is 0 Å². The summed E-state index contributed by atoms with van der Waals surface area (Å²) in [5, 5.41) is 0. The monoisotopic (exact) mass is 236 g/mol. The third-order valence-electron chi connectivity index (χ3n) is 2.12. The number of rotatable bonds is 2. The van der Waals surface area contributed by atoms with Crippen molar-refractivity contribution in [1.29, 1.82) is 0 Å². The maximum Gasteiger partial charge on any atom is 0.514 e. The maximum absolute atomic E-state index is 11.2. The average Bonchev–Trinajstić information content (AvgIpc) is 2.31. The van der Waals surface area contributed by atoms with Crippen LogP contribution >= 0.6 is 0 Å². The van der Waals surface area contributed by atoms with Gasteiger partial charge in [-0.05, 0) is 12.1 Å². The van der Waals surface area contributed by atoms with E-state index in [4.69, 9.17) is 9.47 Å². The zero-order valence-electron chi connectivity index (χ0n) is 10.0. The molecule has 0 atom stereocenters. The van der Waals surface area contributed by atoms with Crippen LogP contribution in [0.3, 0.4) is 0 Å². The molecule has 1 fully saturated rings. The van der Waals surface area contributed by atoms with Crippen molar-refractivity contribution in [2.24, 2.45) is 0 Å². The van der Waals surface area contributed by atoms with Crippen molar-refractivity contribution in [3.05, 3.63) is 30.3 Å². The number of ketones is 1. The molecule has 1 aromatic carbocycles. The fraction of sp³-hybridized carbons (Fsp3) is 0.385. The van der Waals surface area contributed by atoms with Gasteiger partial charge >= 0.3 is 6.16 Å². The largest absolute Gasteiger partial charge is 0.514 e. The summed E-state index contributed by atoms with van der Waals surface area (Å²) in [5.41, 5.74) is 0. The molecule has 0 heterocycles. The number of hydrogen-bond acceptors (Lipinski definition) is 4. The van der Waals surface area contributed by atoms with Gasteiger partial charge in [0.1, 0.15) is 17.6 Å². The Bertz CT molecular complexity index is 364. The second kappa shape index (κ2) is 6.68. The first-order chi connectivity index (χ1) is 8.24. The second-order valence-corrected chi connectivity index (χ2v) is 3.35. The molecule has 1 saturated carbocycles. The van der Waals surface area contributed by atoms with Gasteiger partial charge in [-0.15, -0.1) is 0 Å². The lowest BCUT2D eigenvalue weighted by Crippen LogP contribution is -2.34. The summed E-state index contributed by atoms with van der Waals surface area (Å²) in [5.74, 6) is 0.556. The number of ether oxygens (including phenoxy) is 2. The zero-order valence-corrected chi connectivity index (χ0v) is 10.0. The molecule has 0 aromatic heterocycles. The fourth-order valence-electron chi connectivity index (χ4n) is 1.28. The lowest BCUT2D eigenvalue weighted by molar-refractivity contribution is -0.131. The molecule has 0 spiro atoms. The predicted molar refractivity (Wildman–Crippen MR) is 62.9 cm³/mol. The van der Waals surface area contributed by atoms with E-state index in [1.165, 1.54) is 0 Å². The summed E-state index contributed by atoms with van der Waals surface area (Å²) in [7, 11) is 0. The van der Waals surface area contributed by atoms with Gasteiger partial charge in [-0.2, -0.15) is 0 Å². The fourth-order valence-corrected chi connectivity index (χ4v) is 1.28. The first-order valence-corrected chi connectivity index (χ1v) is 5.69. The van der Waals surface area contributed by atoms with E-state index in [1.807, 2.05) is 19.9 Å². The highest BCUT2D eigenvalue weighted by atomic mass is 16.7. The van der Waals surface area contributed by atoms with Crippen LogP contribution in [0.4, 0.5) is 4.79 Å². The minimum absolute atomic E-state index is 0.118. The Balaban J connectivity index is 0.000000686. The van der Waals surface area contributed by atoms with Crippen molar-refractivity contribution in [3.63, 3.8) is 0 Å². The Morgan fingerprint density at radius 2 is 1.76 bits per heavy atom. The number of carbonyl (C=O) groups excluding carboxylic acids is 2. The lowest BCUT2D eigenvalue weighted by Gasteiger charge is -2.23. The predicted octanol–water partition coefficient (Wildman–Crippen LogP) is 2.96. The Labute approximate surface area is 101 Å². The molecule has 92 valence electrons. The highest BCUT2D eigenvalue weighted by molar-refractivity contribution is 5.86. The van der Waals surface area contributed by atoms with Crippen LogP contribution in [0.1, 0.15) is 26.7 Å². The van der Waals surface area contributed by atoms with Crippen molar-refractivity contribution >= 4 is 11.9 Å². The number of benzene rings is 1. The molecule has 0 radical (unpaired) electrons. The molecule has 4 heteroatoms. The minimum Gasteiger partial charge on any atom is -0.430 e. The summed E-state index contributed by atoms with van der Waals surface area (Å²) in [6.07, 6.45) is -0.430. The normalized spacial score (nSPS) is 14.1. The molecule has 2 rings (SSSR count). The van der Waals surface area contributed by atoms with Gasteiger partial charge < -0.3 is 9.47 Å². The number of hydrogen-bond donors (Lipinski definition) is 0. The first-order valence-electron chi connectivity index (χ1n) is 5.69. The van der Waals surface area contributed by atoms with Gasteiger partial charge in [0.15, 0.2) is 0 Å². The van der Waals surface area contributed by atoms with Crippen LogP contribution in [0.25, 0.3) is 0 Å². The number of para-hydroxylation sites is 1. The van der Waals surface area contributed by atoms with Crippen molar-refractivity contribution in [2.75, 3.05) is 0 Å². The van der Waals surface area contributed by atoms with Crippen molar-refractivity contribution in [1.82, 2.24) is 0 Å². The van der Waals surface area contributed by atoms with E-state index in [0.29, 0.717) is 18.6 Å². The van der Waals surface area contributed by atoms with E-state index in [0.717, 1.165) is 0 Å².